The van der Waals surface area contributed by atoms with Crippen LogP contribution < -0.4 is 10.7 Å². The molecule has 0 spiro atoms. The van der Waals surface area contributed by atoms with Crippen LogP contribution in [-0.2, 0) is 4.79 Å². The zero-order valence-electron chi connectivity index (χ0n) is 12.2. The molecule has 1 heterocycles. The Bertz CT molecular complexity index is 334. The van der Waals surface area contributed by atoms with Gasteiger partial charge in [-0.15, -0.1) is 0 Å². The molecule has 108 valence electrons. The Hall–Kier alpha value is -0.900. The van der Waals surface area contributed by atoms with Gasteiger partial charge in [-0.05, 0) is 45.1 Å². The van der Waals surface area contributed by atoms with Crippen molar-refractivity contribution >= 4 is 11.6 Å². The summed E-state index contributed by atoms with van der Waals surface area (Å²) < 4.78 is 0. The first-order chi connectivity index (χ1) is 9.16. The van der Waals surface area contributed by atoms with Crippen LogP contribution in [0.15, 0.2) is 5.10 Å². The molecule has 2 rings (SSSR count). The summed E-state index contributed by atoms with van der Waals surface area (Å²) in [6.45, 7) is 5.30. The summed E-state index contributed by atoms with van der Waals surface area (Å²) in [5.41, 5.74) is 3.79. The molecule has 1 saturated carbocycles. The van der Waals surface area contributed by atoms with Gasteiger partial charge in [-0.1, -0.05) is 26.2 Å². The van der Waals surface area contributed by atoms with Crippen molar-refractivity contribution in [3.05, 3.63) is 0 Å². The van der Waals surface area contributed by atoms with Crippen LogP contribution in [0.25, 0.3) is 0 Å². The van der Waals surface area contributed by atoms with Crippen molar-refractivity contribution in [2.24, 2.45) is 16.9 Å². The Balaban J connectivity index is 1.81. The highest BCUT2D eigenvalue weighted by molar-refractivity contribution is 5.89. The normalized spacial score (nSPS) is 32.9. The number of hydrogen-bond donors (Lipinski definition) is 2. The van der Waals surface area contributed by atoms with Crippen LogP contribution in [-0.4, -0.2) is 24.2 Å². The predicted molar refractivity (Wildman–Crippen MR) is 78.0 cm³/mol. The van der Waals surface area contributed by atoms with E-state index in [4.69, 9.17) is 0 Å². The lowest BCUT2D eigenvalue weighted by Crippen LogP contribution is -2.40. The Labute approximate surface area is 116 Å². The molecule has 2 N–H and O–H groups in total. The van der Waals surface area contributed by atoms with Crippen molar-refractivity contribution in [2.75, 3.05) is 6.54 Å². The molecule has 0 radical (unpaired) electrons. The van der Waals surface area contributed by atoms with E-state index in [0.717, 1.165) is 31.5 Å². The van der Waals surface area contributed by atoms with E-state index in [0.29, 0.717) is 12.0 Å². The van der Waals surface area contributed by atoms with E-state index in [9.17, 15) is 4.79 Å². The second kappa shape index (κ2) is 7.04. The third kappa shape index (κ3) is 4.30. The minimum Gasteiger partial charge on any atom is -0.309 e. The number of nitrogens with one attached hydrogen (secondary N) is 2. The van der Waals surface area contributed by atoms with E-state index in [1.165, 1.54) is 25.7 Å². The predicted octanol–water partition coefficient (Wildman–Crippen LogP) is 2.45. The van der Waals surface area contributed by atoms with Gasteiger partial charge in [0, 0.05) is 12.0 Å². The lowest BCUT2D eigenvalue weighted by atomic mass is 9.82. The Morgan fingerprint density at radius 3 is 2.74 bits per heavy atom. The average Bonchev–Trinajstić information content (AvgIpc) is 2.45. The Morgan fingerprint density at radius 2 is 2.05 bits per heavy atom. The van der Waals surface area contributed by atoms with Crippen LogP contribution in [0.5, 0.6) is 0 Å². The van der Waals surface area contributed by atoms with Crippen molar-refractivity contribution in [3.63, 3.8) is 0 Å². The molecule has 1 aliphatic heterocycles. The molecule has 2 aliphatic rings. The zero-order valence-corrected chi connectivity index (χ0v) is 12.2. The van der Waals surface area contributed by atoms with Gasteiger partial charge in [-0.2, -0.15) is 5.10 Å². The van der Waals surface area contributed by atoms with Gasteiger partial charge in [0.1, 0.15) is 0 Å². The summed E-state index contributed by atoms with van der Waals surface area (Å²) >= 11 is 0. The monoisotopic (exact) mass is 265 g/mol. The van der Waals surface area contributed by atoms with E-state index < -0.39 is 0 Å². The maximum absolute atomic E-state index is 12.1. The maximum atomic E-state index is 12.1. The summed E-state index contributed by atoms with van der Waals surface area (Å²) in [7, 11) is 0. The smallest absolute Gasteiger partial charge is 0.243 e. The summed E-state index contributed by atoms with van der Waals surface area (Å²) in [5.74, 6) is 0.955. The van der Waals surface area contributed by atoms with Gasteiger partial charge in [0.2, 0.25) is 5.91 Å². The van der Waals surface area contributed by atoms with Gasteiger partial charge in [0.15, 0.2) is 0 Å². The minimum atomic E-state index is 0.113. The van der Waals surface area contributed by atoms with Crippen LogP contribution >= 0.6 is 0 Å². The lowest BCUT2D eigenvalue weighted by Gasteiger charge is -2.26. The van der Waals surface area contributed by atoms with Crippen LogP contribution in [0.2, 0.25) is 0 Å². The van der Waals surface area contributed by atoms with E-state index in [1.54, 1.807) is 0 Å². The average molecular weight is 265 g/mol. The fourth-order valence-corrected chi connectivity index (χ4v) is 3.19. The summed E-state index contributed by atoms with van der Waals surface area (Å²) in [6, 6.07) is 0.347. The van der Waals surface area contributed by atoms with Gasteiger partial charge >= 0.3 is 0 Å². The van der Waals surface area contributed by atoms with Gasteiger partial charge in [0.05, 0.1) is 5.71 Å². The quantitative estimate of drug-likeness (QED) is 0.608. The number of piperidine rings is 1. The molecule has 19 heavy (non-hydrogen) atoms. The lowest BCUT2D eigenvalue weighted by molar-refractivity contribution is -0.126. The van der Waals surface area contributed by atoms with Crippen molar-refractivity contribution < 1.29 is 4.79 Å². The fraction of sp³-hybridized carbons (Fsp3) is 0.867. The molecule has 1 aliphatic carbocycles. The number of amides is 1. The van der Waals surface area contributed by atoms with Crippen molar-refractivity contribution in [3.8, 4) is 0 Å². The van der Waals surface area contributed by atoms with Crippen molar-refractivity contribution in [1.82, 2.24) is 10.7 Å². The number of hydrogen-bond acceptors (Lipinski definition) is 3. The van der Waals surface area contributed by atoms with E-state index in [2.05, 4.69) is 22.8 Å². The van der Waals surface area contributed by atoms with Gasteiger partial charge in [-0.25, -0.2) is 5.43 Å². The SMILES string of the molecule is C/C(=N\NC(=O)C1CCCC(C)C1)C1CCCCN1. The van der Waals surface area contributed by atoms with Crippen LogP contribution in [0.3, 0.4) is 0 Å². The summed E-state index contributed by atoms with van der Waals surface area (Å²) in [6.07, 6.45) is 8.10. The number of carbonyl (C=O) groups excluding carboxylic acids is 1. The third-order valence-electron chi connectivity index (χ3n) is 4.46. The number of carbonyl (C=O) groups is 1. The summed E-state index contributed by atoms with van der Waals surface area (Å²) in [4.78, 5) is 12.1. The first-order valence-corrected chi connectivity index (χ1v) is 7.74. The topological polar surface area (TPSA) is 53.5 Å². The standard InChI is InChI=1S/C15H27N3O/c1-11-6-5-7-13(10-11)15(19)18-17-12(2)14-8-3-4-9-16-14/h11,13-14,16H,3-10H2,1-2H3,(H,18,19)/b17-12+. The van der Waals surface area contributed by atoms with E-state index in [1.807, 2.05) is 6.92 Å². The van der Waals surface area contributed by atoms with Crippen molar-refractivity contribution in [2.45, 2.75) is 64.8 Å². The first-order valence-electron chi connectivity index (χ1n) is 7.74. The van der Waals surface area contributed by atoms with Crippen LogP contribution in [0.4, 0.5) is 0 Å². The third-order valence-corrected chi connectivity index (χ3v) is 4.46. The highest BCUT2D eigenvalue weighted by Crippen LogP contribution is 2.28. The number of rotatable bonds is 3. The van der Waals surface area contributed by atoms with E-state index >= 15 is 0 Å². The summed E-state index contributed by atoms with van der Waals surface area (Å²) in [5, 5.41) is 7.75. The highest BCUT2D eigenvalue weighted by atomic mass is 16.2. The molecular formula is C15H27N3O. The van der Waals surface area contributed by atoms with Crippen molar-refractivity contribution in [1.29, 1.82) is 0 Å². The molecule has 0 aromatic heterocycles. The van der Waals surface area contributed by atoms with Crippen LogP contribution in [0, 0.1) is 11.8 Å². The van der Waals surface area contributed by atoms with Gasteiger partial charge in [-0.3, -0.25) is 4.79 Å². The number of hydrazone groups is 1. The Morgan fingerprint density at radius 1 is 1.21 bits per heavy atom. The molecule has 0 aromatic carbocycles. The van der Waals surface area contributed by atoms with Gasteiger partial charge in [0.25, 0.3) is 0 Å². The molecule has 0 bridgehead atoms. The van der Waals surface area contributed by atoms with Gasteiger partial charge < -0.3 is 5.32 Å². The molecule has 4 heteroatoms. The molecule has 2 fully saturated rings. The molecule has 3 atom stereocenters. The maximum Gasteiger partial charge on any atom is 0.243 e. The minimum absolute atomic E-state index is 0.113. The zero-order chi connectivity index (χ0) is 13.7. The highest BCUT2D eigenvalue weighted by Gasteiger charge is 2.25. The molecule has 4 nitrogen and oxygen atoms in total. The molecule has 1 amide bonds. The van der Waals surface area contributed by atoms with Crippen LogP contribution in [0.1, 0.15) is 58.8 Å². The first kappa shape index (κ1) is 14.5. The fourth-order valence-electron chi connectivity index (χ4n) is 3.19. The molecular weight excluding hydrogens is 238 g/mol. The second-order valence-electron chi connectivity index (χ2n) is 6.20. The molecule has 3 unspecified atom stereocenters. The number of nitrogens with zero attached hydrogens (tertiary/aromatic N) is 1. The second-order valence-corrected chi connectivity index (χ2v) is 6.20. The van der Waals surface area contributed by atoms with E-state index in [-0.39, 0.29) is 11.8 Å². The molecule has 1 saturated heterocycles. The largest absolute Gasteiger partial charge is 0.309 e. The molecule has 0 aromatic rings. The Kier molecular flexibility index (Phi) is 5.37.